The van der Waals surface area contributed by atoms with Crippen LogP contribution in [-0.4, -0.2) is 57.0 Å². The number of aromatic nitrogens is 5. The highest BCUT2D eigenvalue weighted by Gasteiger charge is 2.44. The molecular weight excluding hydrogens is 380 g/mol. The minimum absolute atomic E-state index is 0.340. The maximum atomic E-state index is 6.66. The van der Waals surface area contributed by atoms with E-state index >= 15 is 0 Å². The molecule has 0 amide bonds. The third kappa shape index (κ3) is 3.46. The fraction of sp³-hybridized carbons (Fsp3) is 0.381. The monoisotopic (exact) mass is 406 g/mol. The van der Waals surface area contributed by atoms with Gasteiger partial charge >= 0.3 is 0 Å². The second-order valence-electron chi connectivity index (χ2n) is 7.66. The van der Waals surface area contributed by atoms with Gasteiger partial charge in [-0.1, -0.05) is 26.0 Å². The predicted molar refractivity (Wildman–Crippen MR) is 116 cm³/mol. The van der Waals surface area contributed by atoms with Crippen LogP contribution in [0.15, 0.2) is 41.3 Å². The van der Waals surface area contributed by atoms with Crippen molar-refractivity contribution >= 4 is 17.4 Å². The molecule has 0 saturated carbocycles. The topological polar surface area (TPSA) is 127 Å². The molecule has 3 aromatic heterocycles. The number of aliphatic imine (C=N–C) groups is 1. The number of aryl methyl sites for hydroxylation is 1. The highest BCUT2D eigenvalue weighted by molar-refractivity contribution is 5.84. The number of methoxy groups -OCH3 is 1. The van der Waals surface area contributed by atoms with Gasteiger partial charge in [0.2, 0.25) is 5.88 Å². The van der Waals surface area contributed by atoms with Crippen molar-refractivity contribution in [2.24, 2.45) is 10.7 Å². The number of nitrogens with two attached hydrogens (primary N) is 1. The Kier molecular flexibility index (Phi) is 5.31. The standard InChI is InChI=1S/C21H26N8O/c1-12(2)23-8-14-7-21(20(22)25-9-14,15-5-6-16(30-4)24-10-15)18-17-19(27-11-26-17)29-13(3)28-18/h5-7,9-12,20,23H,8,22H2,1-4H3,(H,26,27,28,29). The van der Waals surface area contributed by atoms with E-state index in [0.29, 0.717) is 29.9 Å². The molecule has 1 aliphatic heterocycles. The van der Waals surface area contributed by atoms with Crippen LogP contribution in [-0.2, 0) is 5.41 Å². The Balaban J connectivity index is 1.97. The zero-order valence-electron chi connectivity index (χ0n) is 17.5. The van der Waals surface area contributed by atoms with Crippen molar-refractivity contribution in [3.8, 4) is 5.88 Å². The molecule has 0 spiro atoms. The average molecular weight is 406 g/mol. The molecule has 0 saturated heterocycles. The Morgan fingerprint density at radius 3 is 2.80 bits per heavy atom. The summed E-state index contributed by atoms with van der Waals surface area (Å²) >= 11 is 0. The van der Waals surface area contributed by atoms with Crippen molar-refractivity contribution in [3.05, 3.63) is 53.4 Å². The third-order valence-electron chi connectivity index (χ3n) is 5.21. The molecule has 4 N–H and O–H groups in total. The van der Waals surface area contributed by atoms with Gasteiger partial charge in [-0.05, 0) is 18.1 Å². The van der Waals surface area contributed by atoms with E-state index < -0.39 is 11.6 Å². The zero-order chi connectivity index (χ0) is 21.3. The lowest BCUT2D eigenvalue weighted by Gasteiger charge is -2.37. The molecule has 0 fully saturated rings. The first-order valence-electron chi connectivity index (χ1n) is 9.86. The van der Waals surface area contributed by atoms with E-state index in [1.165, 1.54) is 0 Å². The first-order chi connectivity index (χ1) is 14.4. The summed E-state index contributed by atoms with van der Waals surface area (Å²) in [6, 6.07) is 4.11. The van der Waals surface area contributed by atoms with Crippen molar-refractivity contribution in [1.82, 2.24) is 30.2 Å². The Bertz CT molecular complexity index is 1100. The van der Waals surface area contributed by atoms with Crippen molar-refractivity contribution in [3.63, 3.8) is 0 Å². The summed E-state index contributed by atoms with van der Waals surface area (Å²) in [5.74, 6) is 1.14. The molecule has 4 heterocycles. The van der Waals surface area contributed by atoms with Crippen molar-refractivity contribution < 1.29 is 4.74 Å². The van der Waals surface area contributed by atoms with E-state index in [0.717, 1.165) is 22.3 Å². The number of H-pyrrole nitrogens is 1. The number of ether oxygens (including phenoxy) is 1. The van der Waals surface area contributed by atoms with Crippen LogP contribution < -0.4 is 15.8 Å². The van der Waals surface area contributed by atoms with Gasteiger partial charge in [0, 0.05) is 31.1 Å². The quantitative estimate of drug-likeness (QED) is 0.568. The number of pyridine rings is 1. The molecule has 4 rings (SSSR count). The number of fused-ring (bicyclic) bond motifs is 1. The van der Waals surface area contributed by atoms with E-state index in [4.69, 9.17) is 15.5 Å². The van der Waals surface area contributed by atoms with Crippen LogP contribution in [0.1, 0.15) is 30.9 Å². The van der Waals surface area contributed by atoms with Gasteiger partial charge in [-0.3, -0.25) is 4.99 Å². The molecule has 0 aliphatic carbocycles. The van der Waals surface area contributed by atoms with Crippen LogP contribution >= 0.6 is 0 Å². The van der Waals surface area contributed by atoms with Crippen molar-refractivity contribution in [2.45, 2.75) is 38.4 Å². The zero-order valence-corrected chi connectivity index (χ0v) is 17.5. The predicted octanol–water partition coefficient (Wildman–Crippen LogP) is 1.64. The summed E-state index contributed by atoms with van der Waals surface area (Å²) in [6.45, 7) is 6.72. The van der Waals surface area contributed by atoms with Gasteiger partial charge < -0.3 is 20.8 Å². The summed E-state index contributed by atoms with van der Waals surface area (Å²) < 4.78 is 5.25. The molecule has 2 unspecified atom stereocenters. The normalized spacial score (nSPS) is 21.3. The average Bonchev–Trinajstić information content (AvgIpc) is 3.21. The number of imidazole rings is 1. The van der Waals surface area contributed by atoms with Crippen LogP contribution in [0.5, 0.6) is 5.88 Å². The molecule has 0 aromatic carbocycles. The number of nitrogens with zero attached hydrogens (tertiary/aromatic N) is 5. The molecule has 3 aromatic rings. The van der Waals surface area contributed by atoms with Gasteiger partial charge in [-0.25, -0.2) is 19.9 Å². The Hall–Kier alpha value is -3.17. The third-order valence-corrected chi connectivity index (χ3v) is 5.21. The molecule has 9 heteroatoms. The van der Waals surface area contributed by atoms with Crippen LogP contribution in [0.3, 0.4) is 0 Å². The van der Waals surface area contributed by atoms with E-state index in [-0.39, 0.29) is 0 Å². The first kappa shape index (κ1) is 20.1. The lowest BCUT2D eigenvalue weighted by molar-refractivity contribution is 0.396. The Morgan fingerprint density at radius 1 is 1.27 bits per heavy atom. The second kappa shape index (κ2) is 7.92. The molecule has 156 valence electrons. The molecule has 30 heavy (non-hydrogen) atoms. The number of hydrogen-bond donors (Lipinski definition) is 3. The smallest absolute Gasteiger partial charge is 0.212 e. The number of hydrogen-bond acceptors (Lipinski definition) is 8. The number of nitrogens with one attached hydrogen (secondary N) is 2. The van der Waals surface area contributed by atoms with Gasteiger partial charge in [0.25, 0.3) is 0 Å². The van der Waals surface area contributed by atoms with Crippen LogP contribution in [0.2, 0.25) is 0 Å². The fourth-order valence-corrected chi connectivity index (χ4v) is 3.71. The maximum Gasteiger partial charge on any atom is 0.212 e. The Labute approximate surface area is 174 Å². The molecule has 2 atom stereocenters. The summed E-state index contributed by atoms with van der Waals surface area (Å²) in [5.41, 5.74) is 9.75. The van der Waals surface area contributed by atoms with Crippen LogP contribution in [0.4, 0.5) is 0 Å². The summed E-state index contributed by atoms with van der Waals surface area (Å²) in [5, 5.41) is 3.44. The molecule has 1 aliphatic rings. The van der Waals surface area contributed by atoms with E-state index in [2.05, 4.69) is 50.2 Å². The largest absolute Gasteiger partial charge is 0.481 e. The van der Waals surface area contributed by atoms with E-state index in [9.17, 15) is 0 Å². The second-order valence-corrected chi connectivity index (χ2v) is 7.66. The SMILES string of the molecule is COc1ccc(C2(c3nc(C)nc4nc[nH]c34)C=C(CNC(C)C)C=NC2N)cn1. The summed E-state index contributed by atoms with van der Waals surface area (Å²) in [6.07, 6.45) is 6.74. The fourth-order valence-electron chi connectivity index (χ4n) is 3.71. The molecule has 9 nitrogen and oxygen atoms in total. The lowest BCUT2D eigenvalue weighted by Crippen LogP contribution is -2.47. The van der Waals surface area contributed by atoms with E-state index in [1.807, 2.05) is 25.3 Å². The van der Waals surface area contributed by atoms with Gasteiger partial charge in [0.15, 0.2) is 5.65 Å². The minimum Gasteiger partial charge on any atom is -0.481 e. The van der Waals surface area contributed by atoms with Gasteiger partial charge in [0.05, 0.1) is 24.5 Å². The van der Waals surface area contributed by atoms with Gasteiger partial charge in [-0.2, -0.15) is 0 Å². The molecule has 0 radical (unpaired) electrons. The molecular formula is C21H26N8O. The summed E-state index contributed by atoms with van der Waals surface area (Å²) in [7, 11) is 1.59. The number of dihydropyridines is 1. The first-order valence-corrected chi connectivity index (χ1v) is 9.86. The highest BCUT2D eigenvalue weighted by Crippen LogP contribution is 2.41. The van der Waals surface area contributed by atoms with Crippen molar-refractivity contribution in [2.75, 3.05) is 13.7 Å². The van der Waals surface area contributed by atoms with Gasteiger partial charge in [0.1, 0.15) is 17.5 Å². The minimum atomic E-state index is -0.847. The van der Waals surface area contributed by atoms with Crippen LogP contribution in [0.25, 0.3) is 11.2 Å². The van der Waals surface area contributed by atoms with Crippen molar-refractivity contribution in [1.29, 1.82) is 0 Å². The lowest BCUT2D eigenvalue weighted by atomic mass is 9.72. The number of aromatic amines is 1. The summed E-state index contributed by atoms with van der Waals surface area (Å²) in [4.78, 5) is 25.8. The Morgan fingerprint density at radius 2 is 2.10 bits per heavy atom. The van der Waals surface area contributed by atoms with Crippen LogP contribution in [0, 0.1) is 6.92 Å². The van der Waals surface area contributed by atoms with E-state index in [1.54, 1.807) is 19.6 Å². The maximum absolute atomic E-state index is 6.66. The highest BCUT2D eigenvalue weighted by atomic mass is 16.5. The number of rotatable bonds is 6. The molecule has 0 bridgehead atoms. The van der Waals surface area contributed by atoms with Gasteiger partial charge in [-0.15, -0.1) is 0 Å².